The molecule has 1 aromatic heterocycles. The fourth-order valence-electron chi connectivity index (χ4n) is 6.44. The quantitative estimate of drug-likeness (QED) is 0.391. The van der Waals surface area contributed by atoms with Crippen LogP contribution in [0.1, 0.15) is 70.3 Å². The van der Waals surface area contributed by atoms with E-state index in [2.05, 4.69) is 35.7 Å². The number of halogens is 1. The predicted octanol–water partition coefficient (Wildman–Crippen LogP) is 4.80. The zero-order valence-electron chi connectivity index (χ0n) is 23.3. The molecule has 5 rings (SSSR count). The van der Waals surface area contributed by atoms with Gasteiger partial charge in [-0.25, -0.2) is 0 Å². The highest BCUT2D eigenvalue weighted by molar-refractivity contribution is 6.35. The standard InChI is InChI=1S/C26H36ClN7O.C2H6/c1-14-6-21(29)20(9-28)23(24(14)27)22-17(4)34(19-7-26(8-19)12-30-13-26)31-25(22)33-15(2)10-32(18(5)35)11-16(33)3;1-2/h6,9,15-16,19,28,30H,7-8,10-13,29H2,1-5H3;1-2H3. The highest BCUT2D eigenvalue weighted by Crippen LogP contribution is 2.53. The number of nitrogens with one attached hydrogen (secondary N) is 2. The largest absolute Gasteiger partial charge is 0.398 e. The summed E-state index contributed by atoms with van der Waals surface area (Å²) in [6.45, 7) is 17.4. The molecule has 1 aliphatic carbocycles. The van der Waals surface area contributed by atoms with Crippen molar-refractivity contribution in [2.24, 2.45) is 5.41 Å². The van der Waals surface area contributed by atoms with Crippen LogP contribution in [0.5, 0.6) is 0 Å². The van der Waals surface area contributed by atoms with Gasteiger partial charge in [0.25, 0.3) is 0 Å². The maximum absolute atomic E-state index is 12.1. The molecule has 2 aliphatic heterocycles. The first kappa shape index (κ1) is 27.5. The van der Waals surface area contributed by atoms with Crippen molar-refractivity contribution in [1.29, 1.82) is 5.41 Å². The van der Waals surface area contributed by atoms with Gasteiger partial charge in [0.15, 0.2) is 5.82 Å². The Hall–Kier alpha value is -2.58. The van der Waals surface area contributed by atoms with Gasteiger partial charge in [0, 0.05) is 79.5 Å². The fourth-order valence-corrected chi connectivity index (χ4v) is 6.69. The summed E-state index contributed by atoms with van der Waals surface area (Å²) in [6.07, 6.45) is 3.53. The number of nitrogens with two attached hydrogens (primary N) is 1. The van der Waals surface area contributed by atoms with Gasteiger partial charge in [-0.15, -0.1) is 0 Å². The molecule has 3 fully saturated rings. The molecule has 2 saturated heterocycles. The normalized spacial score (nSPS) is 22.7. The van der Waals surface area contributed by atoms with Gasteiger partial charge < -0.3 is 26.3 Å². The Labute approximate surface area is 226 Å². The molecule has 2 atom stereocenters. The summed E-state index contributed by atoms with van der Waals surface area (Å²) in [5.74, 6) is 0.966. The van der Waals surface area contributed by atoms with Crippen molar-refractivity contribution in [3.05, 3.63) is 27.9 Å². The lowest BCUT2D eigenvalue weighted by Gasteiger charge is -2.54. The van der Waals surface area contributed by atoms with Crippen molar-refractivity contribution in [3.63, 3.8) is 0 Å². The van der Waals surface area contributed by atoms with E-state index in [9.17, 15) is 4.79 Å². The third kappa shape index (κ3) is 4.52. The van der Waals surface area contributed by atoms with E-state index in [1.165, 1.54) is 6.21 Å². The van der Waals surface area contributed by atoms with Crippen LogP contribution in [-0.2, 0) is 4.79 Å². The number of aromatic nitrogens is 2. The Kier molecular flexibility index (Phi) is 7.64. The number of benzene rings is 1. The number of piperazine rings is 1. The lowest BCUT2D eigenvalue weighted by atomic mass is 9.61. The summed E-state index contributed by atoms with van der Waals surface area (Å²) in [5.41, 5.74) is 11.6. The van der Waals surface area contributed by atoms with Gasteiger partial charge in [-0.05, 0) is 57.6 Å². The SMILES string of the molecule is CC.CC(=O)N1CC(C)N(c2nn(C3CC4(CNC4)C3)c(C)c2-c2c(Cl)c(C)cc(N)c2C=N)C(C)C1. The number of rotatable bonds is 4. The number of nitrogen functional groups attached to an aromatic ring is 1. The topological polar surface area (TPSA) is 103 Å². The first-order chi connectivity index (χ1) is 17.6. The van der Waals surface area contributed by atoms with E-state index < -0.39 is 0 Å². The van der Waals surface area contributed by atoms with Gasteiger partial charge in [0.2, 0.25) is 5.91 Å². The summed E-state index contributed by atoms with van der Waals surface area (Å²) < 4.78 is 2.19. The van der Waals surface area contributed by atoms with E-state index >= 15 is 0 Å². The van der Waals surface area contributed by atoms with Crippen molar-refractivity contribution in [1.82, 2.24) is 20.0 Å². The van der Waals surface area contributed by atoms with Crippen molar-refractivity contribution < 1.29 is 4.79 Å². The molecule has 1 spiro atoms. The highest BCUT2D eigenvalue weighted by Gasteiger charge is 2.50. The first-order valence-corrected chi connectivity index (χ1v) is 13.9. The van der Waals surface area contributed by atoms with Gasteiger partial charge in [0.1, 0.15) is 0 Å². The summed E-state index contributed by atoms with van der Waals surface area (Å²) in [5, 5.41) is 17.4. The molecule has 3 aliphatic rings. The zero-order valence-corrected chi connectivity index (χ0v) is 24.0. The monoisotopic (exact) mass is 527 g/mol. The molecule has 8 nitrogen and oxygen atoms in total. The Bertz CT molecular complexity index is 1180. The third-order valence-corrected chi connectivity index (χ3v) is 8.82. The van der Waals surface area contributed by atoms with Crippen molar-refractivity contribution in [2.45, 2.75) is 79.4 Å². The molecule has 2 aromatic rings. The van der Waals surface area contributed by atoms with E-state index in [-0.39, 0.29) is 18.0 Å². The van der Waals surface area contributed by atoms with Crippen LogP contribution in [0, 0.1) is 24.7 Å². The van der Waals surface area contributed by atoms with Crippen molar-refractivity contribution in [2.75, 3.05) is 36.8 Å². The third-order valence-electron chi connectivity index (χ3n) is 8.34. The molecule has 0 radical (unpaired) electrons. The van der Waals surface area contributed by atoms with Crippen LogP contribution in [0.2, 0.25) is 5.02 Å². The molecule has 4 N–H and O–H groups in total. The summed E-state index contributed by atoms with van der Waals surface area (Å²) in [6, 6.07) is 2.34. The Morgan fingerprint density at radius 1 is 1.19 bits per heavy atom. The van der Waals surface area contributed by atoms with Crippen LogP contribution in [0.3, 0.4) is 0 Å². The fraction of sp³-hybridized carbons (Fsp3) is 0.607. The van der Waals surface area contributed by atoms with Crippen LogP contribution < -0.4 is 16.0 Å². The smallest absolute Gasteiger partial charge is 0.219 e. The minimum absolute atomic E-state index is 0.0806. The maximum Gasteiger partial charge on any atom is 0.219 e. The second-order valence-electron chi connectivity index (χ2n) is 11.0. The molecular formula is C28H42ClN7O. The van der Waals surface area contributed by atoms with Crippen molar-refractivity contribution in [3.8, 4) is 11.1 Å². The number of anilines is 2. The van der Waals surface area contributed by atoms with E-state index in [1.54, 1.807) is 6.92 Å². The molecule has 1 amide bonds. The molecule has 0 bridgehead atoms. The summed E-state index contributed by atoms with van der Waals surface area (Å²) in [7, 11) is 0. The summed E-state index contributed by atoms with van der Waals surface area (Å²) >= 11 is 6.94. The van der Waals surface area contributed by atoms with Gasteiger partial charge in [-0.1, -0.05) is 25.4 Å². The van der Waals surface area contributed by atoms with Crippen LogP contribution in [0.25, 0.3) is 11.1 Å². The van der Waals surface area contributed by atoms with Crippen LogP contribution in [0.4, 0.5) is 11.5 Å². The molecule has 1 aromatic carbocycles. The Morgan fingerprint density at radius 3 is 2.27 bits per heavy atom. The number of hydrogen-bond acceptors (Lipinski definition) is 6. The Morgan fingerprint density at radius 2 is 1.78 bits per heavy atom. The van der Waals surface area contributed by atoms with Gasteiger partial charge in [0.05, 0.1) is 11.1 Å². The maximum atomic E-state index is 12.1. The predicted molar refractivity (Wildman–Crippen MR) is 153 cm³/mol. The lowest BCUT2D eigenvalue weighted by Crippen LogP contribution is -2.60. The molecule has 2 unspecified atom stereocenters. The summed E-state index contributed by atoms with van der Waals surface area (Å²) in [4.78, 5) is 16.4. The molecule has 3 heterocycles. The zero-order chi connectivity index (χ0) is 27.2. The molecular weight excluding hydrogens is 486 g/mol. The highest BCUT2D eigenvalue weighted by atomic mass is 35.5. The van der Waals surface area contributed by atoms with Gasteiger partial charge >= 0.3 is 0 Å². The number of nitrogens with zero attached hydrogens (tertiary/aromatic N) is 4. The number of carbonyl (C=O) groups excluding carboxylic acids is 1. The van der Waals surface area contributed by atoms with E-state index in [1.807, 2.05) is 31.7 Å². The average Bonchev–Trinajstić information content (AvgIpc) is 3.11. The van der Waals surface area contributed by atoms with Gasteiger partial charge in [-0.3, -0.25) is 9.48 Å². The second-order valence-corrected chi connectivity index (χ2v) is 11.3. The van der Waals surface area contributed by atoms with Crippen LogP contribution in [0.15, 0.2) is 6.07 Å². The average molecular weight is 528 g/mol. The Balaban J connectivity index is 0.00000156. The number of aryl methyl sites for hydroxylation is 1. The minimum atomic E-state index is 0.0806. The lowest BCUT2D eigenvalue weighted by molar-refractivity contribution is -0.130. The molecule has 37 heavy (non-hydrogen) atoms. The van der Waals surface area contributed by atoms with E-state index in [0.717, 1.165) is 54.1 Å². The minimum Gasteiger partial charge on any atom is -0.398 e. The first-order valence-electron chi connectivity index (χ1n) is 13.5. The number of amides is 1. The van der Waals surface area contributed by atoms with E-state index in [4.69, 9.17) is 27.8 Å². The van der Waals surface area contributed by atoms with Crippen molar-refractivity contribution >= 4 is 35.2 Å². The van der Waals surface area contributed by atoms with Crippen LogP contribution in [-0.4, -0.2) is 65.1 Å². The molecule has 9 heteroatoms. The number of hydrogen-bond donors (Lipinski definition) is 3. The second kappa shape index (κ2) is 10.3. The number of carbonyl (C=O) groups is 1. The van der Waals surface area contributed by atoms with Gasteiger partial charge in [-0.2, -0.15) is 5.10 Å². The van der Waals surface area contributed by atoms with Crippen LogP contribution >= 0.6 is 11.6 Å². The molecule has 1 saturated carbocycles. The van der Waals surface area contributed by atoms with E-state index in [0.29, 0.717) is 40.8 Å². The molecule has 202 valence electrons.